The van der Waals surface area contributed by atoms with Crippen LogP contribution in [0.5, 0.6) is 0 Å². The molecule has 0 spiro atoms. The summed E-state index contributed by atoms with van der Waals surface area (Å²) in [6.45, 7) is 4.23. The van der Waals surface area contributed by atoms with E-state index >= 15 is 0 Å². The number of nitrogens with two attached hydrogens (primary N) is 1. The maximum Gasteiger partial charge on any atom is 0.0628 e. The standard InChI is InChI=1S/C15H27N3/c1-11-15(12(2)18(3)17-11)10-14(16)9-13-7-5-4-6-8-13/h13-14H,4-10,16H2,1-3H3. The lowest BCUT2D eigenvalue weighted by atomic mass is 9.84. The third-order valence-corrected chi connectivity index (χ3v) is 4.49. The second-order valence-electron chi connectivity index (χ2n) is 5.98. The molecule has 1 aromatic rings. The van der Waals surface area contributed by atoms with E-state index in [1.807, 2.05) is 11.7 Å². The molecule has 0 amide bonds. The summed E-state index contributed by atoms with van der Waals surface area (Å²) in [5, 5.41) is 4.47. The quantitative estimate of drug-likeness (QED) is 0.891. The predicted octanol–water partition coefficient (Wildman–Crippen LogP) is 2.88. The highest BCUT2D eigenvalue weighted by Gasteiger charge is 2.19. The first kappa shape index (κ1) is 13.6. The zero-order valence-electron chi connectivity index (χ0n) is 12.1. The van der Waals surface area contributed by atoms with Crippen LogP contribution in [0.4, 0.5) is 0 Å². The first-order valence-electron chi connectivity index (χ1n) is 7.32. The molecule has 102 valence electrons. The molecule has 2 N–H and O–H groups in total. The van der Waals surface area contributed by atoms with Crippen LogP contribution in [0.2, 0.25) is 0 Å². The summed E-state index contributed by atoms with van der Waals surface area (Å²) in [7, 11) is 2.01. The van der Waals surface area contributed by atoms with E-state index in [4.69, 9.17) is 5.73 Å². The average molecular weight is 249 g/mol. The van der Waals surface area contributed by atoms with Gasteiger partial charge in [0.25, 0.3) is 0 Å². The predicted molar refractivity (Wildman–Crippen MR) is 75.6 cm³/mol. The van der Waals surface area contributed by atoms with Gasteiger partial charge < -0.3 is 5.73 Å². The van der Waals surface area contributed by atoms with Gasteiger partial charge in [-0.2, -0.15) is 5.10 Å². The molecular weight excluding hydrogens is 222 g/mol. The van der Waals surface area contributed by atoms with Gasteiger partial charge in [-0.05, 0) is 38.2 Å². The van der Waals surface area contributed by atoms with Gasteiger partial charge in [-0.15, -0.1) is 0 Å². The van der Waals surface area contributed by atoms with Crippen molar-refractivity contribution in [3.63, 3.8) is 0 Å². The Morgan fingerprint density at radius 1 is 1.28 bits per heavy atom. The van der Waals surface area contributed by atoms with Crippen LogP contribution in [0, 0.1) is 19.8 Å². The number of aryl methyl sites for hydroxylation is 2. The Morgan fingerprint density at radius 3 is 2.50 bits per heavy atom. The molecule has 1 aromatic heterocycles. The van der Waals surface area contributed by atoms with Crippen molar-refractivity contribution in [2.24, 2.45) is 18.7 Å². The Labute approximate surface area is 111 Å². The summed E-state index contributed by atoms with van der Waals surface area (Å²) in [5.74, 6) is 0.867. The van der Waals surface area contributed by atoms with Crippen LogP contribution in [-0.4, -0.2) is 15.8 Å². The average Bonchev–Trinajstić information content (AvgIpc) is 2.57. The van der Waals surface area contributed by atoms with Crippen molar-refractivity contribution in [1.82, 2.24) is 9.78 Å². The molecule has 1 atom stereocenters. The van der Waals surface area contributed by atoms with E-state index in [2.05, 4.69) is 18.9 Å². The molecule has 0 aliphatic heterocycles. The van der Waals surface area contributed by atoms with Crippen LogP contribution in [0.1, 0.15) is 55.5 Å². The van der Waals surface area contributed by atoms with Gasteiger partial charge in [0.2, 0.25) is 0 Å². The smallest absolute Gasteiger partial charge is 0.0628 e. The maximum absolute atomic E-state index is 6.35. The van der Waals surface area contributed by atoms with E-state index in [1.54, 1.807) is 0 Å². The Bertz CT molecular complexity index is 389. The van der Waals surface area contributed by atoms with E-state index in [0.717, 1.165) is 18.0 Å². The molecule has 18 heavy (non-hydrogen) atoms. The third-order valence-electron chi connectivity index (χ3n) is 4.49. The van der Waals surface area contributed by atoms with Crippen LogP contribution in [0.25, 0.3) is 0 Å². The first-order valence-corrected chi connectivity index (χ1v) is 7.32. The van der Waals surface area contributed by atoms with Crippen molar-refractivity contribution >= 4 is 0 Å². The molecule has 0 aromatic carbocycles. The molecule has 0 bridgehead atoms. The third kappa shape index (κ3) is 3.14. The second-order valence-corrected chi connectivity index (χ2v) is 5.98. The zero-order chi connectivity index (χ0) is 13.1. The van der Waals surface area contributed by atoms with E-state index in [9.17, 15) is 0 Å². The normalized spacial score (nSPS) is 19.1. The van der Waals surface area contributed by atoms with Gasteiger partial charge in [-0.25, -0.2) is 0 Å². The molecule has 3 nitrogen and oxygen atoms in total. The molecule has 1 heterocycles. The lowest BCUT2D eigenvalue weighted by Crippen LogP contribution is -2.27. The van der Waals surface area contributed by atoms with E-state index in [1.165, 1.54) is 49.8 Å². The fourth-order valence-electron chi connectivity index (χ4n) is 3.31. The molecule has 1 fully saturated rings. The fourth-order valence-corrected chi connectivity index (χ4v) is 3.31. The zero-order valence-corrected chi connectivity index (χ0v) is 12.1. The Morgan fingerprint density at radius 2 is 1.94 bits per heavy atom. The molecule has 0 saturated heterocycles. The summed E-state index contributed by atoms with van der Waals surface area (Å²) < 4.78 is 1.97. The van der Waals surface area contributed by atoms with Gasteiger partial charge in [-0.1, -0.05) is 32.1 Å². The summed E-state index contributed by atoms with van der Waals surface area (Å²) in [6.07, 6.45) is 9.18. The van der Waals surface area contributed by atoms with Crippen molar-refractivity contribution in [3.05, 3.63) is 17.0 Å². The summed E-state index contributed by atoms with van der Waals surface area (Å²) in [4.78, 5) is 0. The molecule has 2 rings (SSSR count). The van der Waals surface area contributed by atoms with Gasteiger partial charge in [0.15, 0.2) is 0 Å². The van der Waals surface area contributed by atoms with Gasteiger partial charge in [-0.3, -0.25) is 4.68 Å². The monoisotopic (exact) mass is 249 g/mol. The SMILES string of the molecule is Cc1nn(C)c(C)c1CC(N)CC1CCCCC1. The minimum Gasteiger partial charge on any atom is -0.327 e. The summed E-state index contributed by atoms with van der Waals surface area (Å²) >= 11 is 0. The number of aromatic nitrogens is 2. The minimum atomic E-state index is 0.301. The highest BCUT2D eigenvalue weighted by atomic mass is 15.3. The largest absolute Gasteiger partial charge is 0.327 e. The fraction of sp³-hybridized carbons (Fsp3) is 0.800. The number of rotatable bonds is 4. The number of hydrogen-bond acceptors (Lipinski definition) is 2. The van der Waals surface area contributed by atoms with Crippen molar-refractivity contribution < 1.29 is 0 Å². The molecule has 1 aliphatic rings. The van der Waals surface area contributed by atoms with Crippen molar-refractivity contribution in [1.29, 1.82) is 0 Å². The van der Waals surface area contributed by atoms with Gasteiger partial charge >= 0.3 is 0 Å². The minimum absolute atomic E-state index is 0.301. The number of hydrogen-bond donors (Lipinski definition) is 1. The summed E-state index contributed by atoms with van der Waals surface area (Å²) in [6, 6.07) is 0.301. The molecule has 1 unspecified atom stereocenters. The molecule has 3 heteroatoms. The Kier molecular flexibility index (Phi) is 4.44. The van der Waals surface area contributed by atoms with E-state index in [0.29, 0.717) is 6.04 Å². The lowest BCUT2D eigenvalue weighted by molar-refractivity contribution is 0.316. The van der Waals surface area contributed by atoms with Crippen molar-refractivity contribution in [3.8, 4) is 0 Å². The van der Waals surface area contributed by atoms with Crippen LogP contribution < -0.4 is 5.73 Å². The molecular formula is C15H27N3. The Hall–Kier alpha value is -0.830. The van der Waals surface area contributed by atoms with Crippen molar-refractivity contribution in [2.45, 2.75) is 64.8 Å². The van der Waals surface area contributed by atoms with Gasteiger partial charge in [0.1, 0.15) is 0 Å². The molecule has 0 radical (unpaired) electrons. The highest BCUT2D eigenvalue weighted by molar-refractivity contribution is 5.25. The first-order chi connectivity index (χ1) is 8.58. The molecule has 1 saturated carbocycles. The molecule has 1 aliphatic carbocycles. The Balaban J connectivity index is 1.91. The lowest BCUT2D eigenvalue weighted by Gasteiger charge is -2.24. The van der Waals surface area contributed by atoms with Gasteiger partial charge in [0.05, 0.1) is 5.69 Å². The van der Waals surface area contributed by atoms with Gasteiger partial charge in [0, 0.05) is 18.8 Å². The van der Waals surface area contributed by atoms with Crippen molar-refractivity contribution in [2.75, 3.05) is 0 Å². The van der Waals surface area contributed by atoms with Crippen LogP contribution in [0.15, 0.2) is 0 Å². The van der Waals surface area contributed by atoms with Crippen LogP contribution in [0.3, 0.4) is 0 Å². The van der Waals surface area contributed by atoms with E-state index < -0.39 is 0 Å². The highest BCUT2D eigenvalue weighted by Crippen LogP contribution is 2.28. The summed E-state index contributed by atoms with van der Waals surface area (Å²) in [5.41, 5.74) is 10.1. The van der Waals surface area contributed by atoms with E-state index in [-0.39, 0.29) is 0 Å². The second kappa shape index (κ2) is 5.87. The van der Waals surface area contributed by atoms with Crippen LogP contribution >= 0.6 is 0 Å². The number of nitrogens with zero attached hydrogens (tertiary/aromatic N) is 2. The topological polar surface area (TPSA) is 43.8 Å². The van der Waals surface area contributed by atoms with Crippen LogP contribution in [-0.2, 0) is 13.5 Å². The maximum atomic E-state index is 6.35.